The summed E-state index contributed by atoms with van der Waals surface area (Å²) >= 11 is 1.56. The lowest BCUT2D eigenvalue weighted by Gasteiger charge is -2.00. The van der Waals surface area contributed by atoms with E-state index in [1.807, 2.05) is 0 Å². The van der Waals surface area contributed by atoms with E-state index < -0.39 is 0 Å². The van der Waals surface area contributed by atoms with Crippen LogP contribution in [-0.2, 0) is 6.54 Å². The first-order valence-electron chi connectivity index (χ1n) is 6.60. The number of hydrogen-bond acceptors (Lipinski definition) is 4. The van der Waals surface area contributed by atoms with Crippen LogP contribution < -0.4 is 5.32 Å². The van der Waals surface area contributed by atoms with Crippen molar-refractivity contribution < 1.29 is 4.39 Å². The summed E-state index contributed by atoms with van der Waals surface area (Å²) in [6.07, 6.45) is 4.01. The van der Waals surface area contributed by atoms with Gasteiger partial charge in [-0.2, -0.15) is 0 Å². The zero-order chi connectivity index (χ0) is 13.2. The van der Waals surface area contributed by atoms with Crippen molar-refractivity contribution in [2.45, 2.75) is 32.2 Å². The minimum atomic E-state index is -0.298. The SMILES string of the molecule is CCNCc1sc(-c2ncccc2F)nc1C1CC1. The molecule has 0 atom stereocenters. The molecule has 3 nitrogen and oxygen atoms in total. The summed E-state index contributed by atoms with van der Waals surface area (Å²) in [5.41, 5.74) is 1.52. The van der Waals surface area contributed by atoms with Gasteiger partial charge in [0, 0.05) is 23.5 Å². The van der Waals surface area contributed by atoms with Crippen LogP contribution in [0.15, 0.2) is 18.3 Å². The first-order valence-corrected chi connectivity index (χ1v) is 7.42. The van der Waals surface area contributed by atoms with E-state index in [-0.39, 0.29) is 5.82 Å². The standard InChI is InChI=1S/C14H16FN3S/c1-2-16-8-11-12(9-5-6-9)18-14(19-11)13-10(15)4-3-7-17-13/h3-4,7,9,16H,2,5-6,8H2,1H3. The van der Waals surface area contributed by atoms with Crippen LogP contribution in [0.2, 0.25) is 0 Å². The van der Waals surface area contributed by atoms with Crippen molar-refractivity contribution in [2.75, 3.05) is 6.54 Å². The number of aromatic nitrogens is 2. The molecular formula is C14H16FN3S. The quantitative estimate of drug-likeness (QED) is 0.911. The fourth-order valence-electron chi connectivity index (χ4n) is 2.05. The van der Waals surface area contributed by atoms with Crippen molar-refractivity contribution in [3.05, 3.63) is 34.7 Å². The fourth-order valence-corrected chi connectivity index (χ4v) is 3.16. The molecule has 5 heteroatoms. The maximum Gasteiger partial charge on any atom is 0.151 e. The molecule has 0 bridgehead atoms. The zero-order valence-electron chi connectivity index (χ0n) is 10.8. The van der Waals surface area contributed by atoms with Crippen LogP contribution in [0.25, 0.3) is 10.7 Å². The van der Waals surface area contributed by atoms with E-state index in [0.29, 0.717) is 16.6 Å². The number of nitrogens with zero attached hydrogens (tertiary/aromatic N) is 2. The monoisotopic (exact) mass is 277 g/mol. The van der Waals surface area contributed by atoms with E-state index in [0.717, 1.165) is 18.8 Å². The second-order valence-electron chi connectivity index (χ2n) is 4.72. The van der Waals surface area contributed by atoms with Crippen molar-refractivity contribution in [1.29, 1.82) is 0 Å². The maximum atomic E-state index is 13.8. The summed E-state index contributed by atoms with van der Waals surface area (Å²) in [6.45, 7) is 3.82. The van der Waals surface area contributed by atoms with Gasteiger partial charge in [0.1, 0.15) is 10.7 Å². The lowest BCUT2D eigenvalue weighted by molar-refractivity contribution is 0.625. The summed E-state index contributed by atoms with van der Waals surface area (Å²) in [5.74, 6) is 0.277. The summed E-state index contributed by atoms with van der Waals surface area (Å²) < 4.78 is 13.8. The van der Waals surface area contributed by atoms with Crippen LogP contribution in [0.4, 0.5) is 4.39 Å². The zero-order valence-corrected chi connectivity index (χ0v) is 11.6. The maximum absolute atomic E-state index is 13.8. The first-order chi connectivity index (χ1) is 9.29. The Morgan fingerprint density at radius 1 is 1.47 bits per heavy atom. The number of nitrogens with one attached hydrogen (secondary N) is 1. The minimum absolute atomic E-state index is 0.298. The van der Waals surface area contributed by atoms with Crippen LogP contribution in [0.3, 0.4) is 0 Å². The van der Waals surface area contributed by atoms with Gasteiger partial charge in [0.15, 0.2) is 5.82 Å². The third-order valence-electron chi connectivity index (χ3n) is 3.19. The lowest BCUT2D eigenvalue weighted by Crippen LogP contribution is -2.11. The Morgan fingerprint density at radius 3 is 3.00 bits per heavy atom. The van der Waals surface area contributed by atoms with Crippen LogP contribution >= 0.6 is 11.3 Å². The summed E-state index contributed by atoms with van der Waals surface area (Å²) in [6, 6.07) is 3.04. The Labute approximate surface area is 115 Å². The molecule has 0 radical (unpaired) electrons. The highest BCUT2D eigenvalue weighted by molar-refractivity contribution is 7.15. The Balaban J connectivity index is 1.96. The molecule has 19 heavy (non-hydrogen) atoms. The summed E-state index contributed by atoms with van der Waals surface area (Å²) in [5, 5.41) is 4.03. The summed E-state index contributed by atoms with van der Waals surface area (Å²) in [7, 11) is 0. The van der Waals surface area contributed by atoms with E-state index >= 15 is 0 Å². The van der Waals surface area contributed by atoms with Crippen molar-refractivity contribution >= 4 is 11.3 Å². The molecule has 0 aromatic carbocycles. The Morgan fingerprint density at radius 2 is 2.32 bits per heavy atom. The van der Waals surface area contributed by atoms with Gasteiger partial charge in [-0.05, 0) is 31.5 Å². The van der Waals surface area contributed by atoms with Gasteiger partial charge in [-0.3, -0.25) is 4.98 Å². The van der Waals surface area contributed by atoms with Crippen LogP contribution in [0.5, 0.6) is 0 Å². The molecule has 0 aliphatic heterocycles. The number of rotatable bonds is 5. The van der Waals surface area contributed by atoms with Crippen LogP contribution in [0.1, 0.15) is 36.3 Å². The second kappa shape index (κ2) is 5.35. The van der Waals surface area contributed by atoms with Crippen molar-refractivity contribution in [1.82, 2.24) is 15.3 Å². The van der Waals surface area contributed by atoms with Gasteiger partial charge >= 0.3 is 0 Å². The number of pyridine rings is 1. The average molecular weight is 277 g/mol. The van der Waals surface area contributed by atoms with Gasteiger partial charge in [0.05, 0.1) is 5.69 Å². The molecule has 1 fully saturated rings. The predicted molar refractivity (Wildman–Crippen MR) is 74.7 cm³/mol. The van der Waals surface area contributed by atoms with Crippen LogP contribution in [0, 0.1) is 5.82 Å². The van der Waals surface area contributed by atoms with Crippen molar-refractivity contribution in [2.24, 2.45) is 0 Å². The normalized spacial score (nSPS) is 14.8. The average Bonchev–Trinajstić information content (AvgIpc) is 3.18. The molecule has 0 saturated heterocycles. The Bertz CT molecular complexity index is 578. The van der Waals surface area contributed by atoms with Gasteiger partial charge in [0.2, 0.25) is 0 Å². The number of halogens is 1. The molecule has 1 saturated carbocycles. The minimum Gasteiger partial charge on any atom is -0.312 e. The van der Waals surface area contributed by atoms with Gasteiger partial charge in [-0.25, -0.2) is 9.37 Å². The molecule has 100 valence electrons. The van der Waals surface area contributed by atoms with Gasteiger partial charge in [0.25, 0.3) is 0 Å². The number of thiazole rings is 1. The topological polar surface area (TPSA) is 37.8 Å². The van der Waals surface area contributed by atoms with Crippen molar-refractivity contribution in [3.63, 3.8) is 0 Å². The Hall–Kier alpha value is -1.33. The highest BCUT2D eigenvalue weighted by Crippen LogP contribution is 2.44. The van der Waals surface area contributed by atoms with Gasteiger partial charge in [-0.1, -0.05) is 6.92 Å². The third-order valence-corrected chi connectivity index (χ3v) is 4.27. The molecule has 2 heterocycles. The van der Waals surface area contributed by atoms with E-state index in [1.165, 1.54) is 23.8 Å². The molecule has 0 spiro atoms. The van der Waals surface area contributed by atoms with E-state index in [9.17, 15) is 4.39 Å². The predicted octanol–water partition coefficient (Wildman–Crippen LogP) is 3.33. The van der Waals surface area contributed by atoms with Gasteiger partial charge in [-0.15, -0.1) is 11.3 Å². The molecule has 1 aliphatic carbocycles. The molecule has 0 amide bonds. The Kier molecular flexibility index (Phi) is 3.57. The fraction of sp³-hybridized carbons (Fsp3) is 0.429. The van der Waals surface area contributed by atoms with Crippen molar-refractivity contribution in [3.8, 4) is 10.7 Å². The molecule has 2 aromatic rings. The summed E-state index contributed by atoms with van der Waals surface area (Å²) in [4.78, 5) is 9.97. The third kappa shape index (κ3) is 2.67. The first kappa shape index (κ1) is 12.7. The molecule has 3 rings (SSSR count). The highest BCUT2D eigenvalue weighted by Gasteiger charge is 2.30. The molecule has 1 aliphatic rings. The molecule has 2 aromatic heterocycles. The molecule has 0 unspecified atom stereocenters. The van der Waals surface area contributed by atoms with E-state index in [1.54, 1.807) is 23.6 Å². The largest absolute Gasteiger partial charge is 0.312 e. The van der Waals surface area contributed by atoms with E-state index in [2.05, 4.69) is 22.2 Å². The van der Waals surface area contributed by atoms with E-state index in [4.69, 9.17) is 0 Å². The molecular weight excluding hydrogens is 261 g/mol. The number of hydrogen-bond donors (Lipinski definition) is 1. The highest BCUT2D eigenvalue weighted by atomic mass is 32.1. The smallest absolute Gasteiger partial charge is 0.151 e. The van der Waals surface area contributed by atoms with Gasteiger partial charge < -0.3 is 5.32 Å². The van der Waals surface area contributed by atoms with Crippen LogP contribution in [-0.4, -0.2) is 16.5 Å². The second-order valence-corrected chi connectivity index (χ2v) is 5.80. The molecule has 1 N–H and O–H groups in total. The lowest BCUT2D eigenvalue weighted by atomic mass is 10.2.